The van der Waals surface area contributed by atoms with Gasteiger partial charge in [-0.2, -0.15) is 0 Å². The Morgan fingerprint density at radius 3 is 2.55 bits per heavy atom. The van der Waals surface area contributed by atoms with Gasteiger partial charge in [-0.3, -0.25) is 15.0 Å². The molecule has 1 aliphatic rings. The van der Waals surface area contributed by atoms with Crippen molar-refractivity contribution in [2.75, 3.05) is 27.4 Å². The van der Waals surface area contributed by atoms with Gasteiger partial charge in [0.1, 0.15) is 0 Å². The summed E-state index contributed by atoms with van der Waals surface area (Å²) in [6.45, 7) is 2.34. The molecule has 0 N–H and O–H groups in total. The number of methoxy groups -OCH3 is 2. The number of nitrogens with zero attached hydrogens (tertiary/aromatic N) is 2. The number of carbonyl (C=O) groups is 1. The van der Waals surface area contributed by atoms with Crippen molar-refractivity contribution < 1.29 is 23.9 Å². The van der Waals surface area contributed by atoms with Crippen molar-refractivity contribution in [3.63, 3.8) is 0 Å². The zero-order valence-electron chi connectivity index (χ0n) is 16.5. The van der Waals surface area contributed by atoms with E-state index in [1.165, 1.54) is 18.1 Å². The van der Waals surface area contributed by atoms with Gasteiger partial charge in [0.05, 0.1) is 37.0 Å². The summed E-state index contributed by atoms with van der Waals surface area (Å²) < 4.78 is 16.0. The molecule has 2 aromatic carbocycles. The maximum absolute atomic E-state index is 12.6. The van der Waals surface area contributed by atoms with Gasteiger partial charge in [-0.15, -0.1) is 0 Å². The molecule has 0 radical (unpaired) electrons. The number of rotatable bonds is 5. The zero-order valence-corrected chi connectivity index (χ0v) is 16.5. The molecular weight excluding hydrogens is 376 g/mol. The summed E-state index contributed by atoms with van der Waals surface area (Å²) in [6, 6.07) is 10.0. The van der Waals surface area contributed by atoms with E-state index in [-0.39, 0.29) is 12.3 Å². The van der Waals surface area contributed by atoms with E-state index >= 15 is 0 Å². The molecule has 8 nitrogen and oxygen atoms in total. The number of ether oxygens (including phenoxy) is 3. The van der Waals surface area contributed by atoms with Crippen LogP contribution in [0, 0.1) is 10.1 Å². The van der Waals surface area contributed by atoms with Crippen LogP contribution in [0.3, 0.4) is 0 Å². The van der Waals surface area contributed by atoms with E-state index < -0.39 is 11.0 Å². The molecule has 152 valence electrons. The molecule has 0 fully saturated rings. The Morgan fingerprint density at radius 1 is 1.21 bits per heavy atom. The number of nitro benzene ring substituents is 1. The molecule has 8 heteroatoms. The summed E-state index contributed by atoms with van der Waals surface area (Å²) in [4.78, 5) is 25.1. The Hall–Kier alpha value is -3.55. The molecule has 1 heterocycles. The lowest BCUT2D eigenvalue weighted by Gasteiger charge is -2.31. The second-order valence-corrected chi connectivity index (χ2v) is 6.31. The van der Waals surface area contributed by atoms with Gasteiger partial charge in [-0.05, 0) is 43.2 Å². The van der Waals surface area contributed by atoms with Gasteiger partial charge < -0.3 is 14.2 Å². The van der Waals surface area contributed by atoms with Crippen LogP contribution in [0.15, 0.2) is 36.4 Å². The SMILES string of the molecule is CCOC(=O)N1CCc2cc(OC)c(OC)cc2/C1=C/c1ccccc1[N+](=O)[O-]. The van der Waals surface area contributed by atoms with Gasteiger partial charge in [0.25, 0.3) is 5.69 Å². The van der Waals surface area contributed by atoms with Crippen molar-refractivity contribution in [1.82, 2.24) is 4.90 Å². The molecule has 1 amide bonds. The average molecular weight is 398 g/mol. The fraction of sp³-hybridized carbons (Fsp3) is 0.286. The molecule has 2 aromatic rings. The first-order chi connectivity index (χ1) is 14.0. The molecule has 0 bridgehead atoms. The Bertz CT molecular complexity index is 970. The van der Waals surface area contributed by atoms with Crippen LogP contribution in [0.4, 0.5) is 10.5 Å². The quantitative estimate of drug-likeness (QED) is 0.556. The van der Waals surface area contributed by atoms with E-state index in [9.17, 15) is 14.9 Å². The lowest BCUT2D eigenvalue weighted by Crippen LogP contribution is -2.35. The summed E-state index contributed by atoms with van der Waals surface area (Å²) in [5.74, 6) is 1.09. The predicted molar refractivity (Wildman–Crippen MR) is 108 cm³/mol. The topological polar surface area (TPSA) is 91.1 Å². The van der Waals surface area contributed by atoms with E-state index in [2.05, 4.69) is 0 Å². The van der Waals surface area contributed by atoms with Crippen LogP contribution in [-0.2, 0) is 11.2 Å². The largest absolute Gasteiger partial charge is 0.493 e. The summed E-state index contributed by atoms with van der Waals surface area (Å²) in [7, 11) is 3.09. The molecule has 0 atom stereocenters. The third-order valence-corrected chi connectivity index (χ3v) is 4.69. The molecule has 0 unspecified atom stereocenters. The van der Waals surface area contributed by atoms with E-state index in [1.54, 1.807) is 44.4 Å². The first-order valence-electron chi connectivity index (χ1n) is 9.14. The fourth-order valence-corrected chi connectivity index (χ4v) is 3.33. The third-order valence-electron chi connectivity index (χ3n) is 4.69. The predicted octanol–water partition coefficient (Wildman–Crippen LogP) is 4.12. The highest BCUT2D eigenvalue weighted by Crippen LogP contribution is 2.39. The van der Waals surface area contributed by atoms with E-state index in [0.29, 0.717) is 35.7 Å². The van der Waals surface area contributed by atoms with Gasteiger partial charge in [-0.1, -0.05) is 12.1 Å². The van der Waals surface area contributed by atoms with Crippen molar-refractivity contribution in [3.8, 4) is 11.5 Å². The van der Waals surface area contributed by atoms with Gasteiger partial charge >= 0.3 is 6.09 Å². The fourth-order valence-electron chi connectivity index (χ4n) is 3.33. The Morgan fingerprint density at radius 2 is 1.90 bits per heavy atom. The minimum absolute atomic E-state index is 0.0450. The Kier molecular flexibility index (Phi) is 6.01. The van der Waals surface area contributed by atoms with Crippen LogP contribution in [0.1, 0.15) is 23.6 Å². The minimum atomic E-state index is -0.502. The summed E-state index contributed by atoms with van der Waals surface area (Å²) in [5, 5.41) is 11.4. The van der Waals surface area contributed by atoms with Gasteiger partial charge in [0.15, 0.2) is 11.5 Å². The van der Waals surface area contributed by atoms with Gasteiger partial charge in [0, 0.05) is 18.2 Å². The molecule has 0 saturated heterocycles. The lowest BCUT2D eigenvalue weighted by molar-refractivity contribution is -0.385. The Labute approximate surface area is 168 Å². The summed E-state index contributed by atoms with van der Waals surface area (Å²) in [5.41, 5.74) is 2.55. The smallest absolute Gasteiger partial charge is 0.414 e. The number of benzene rings is 2. The normalized spacial score (nSPS) is 14.3. The Balaban J connectivity index is 2.21. The van der Waals surface area contributed by atoms with Crippen molar-refractivity contribution in [1.29, 1.82) is 0 Å². The monoisotopic (exact) mass is 398 g/mol. The van der Waals surface area contributed by atoms with Crippen molar-refractivity contribution >= 4 is 23.6 Å². The molecule has 3 rings (SSSR count). The van der Waals surface area contributed by atoms with Crippen molar-refractivity contribution in [2.24, 2.45) is 0 Å². The molecular formula is C21H22N2O6. The molecule has 0 spiro atoms. The van der Waals surface area contributed by atoms with Crippen LogP contribution in [0.5, 0.6) is 11.5 Å². The number of hydrogen-bond acceptors (Lipinski definition) is 6. The maximum Gasteiger partial charge on any atom is 0.414 e. The summed E-state index contributed by atoms with van der Waals surface area (Å²) >= 11 is 0. The van der Waals surface area contributed by atoms with Crippen LogP contribution in [0.2, 0.25) is 0 Å². The molecule has 1 aliphatic heterocycles. The number of amides is 1. The van der Waals surface area contributed by atoms with Crippen LogP contribution in [-0.4, -0.2) is 43.3 Å². The standard InChI is InChI=1S/C21H22N2O6/c1-4-29-21(24)22-10-9-14-12-19(27-2)20(28-3)13-16(14)18(22)11-15-7-5-6-8-17(15)23(25)26/h5-8,11-13H,4,9-10H2,1-3H3/b18-11-. The zero-order chi connectivity index (χ0) is 21.0. The summed E-state index contributed by atoms with van der Waals surface area (Å²) in [6.07, 6.45) is 1.72. The lowest BCUT2D eigenvalue weighted by atomic mass is 9.94. The molecule has 0 saturated carbocycles. The van der Waals surface area contributed by atoms with Crippen LogP contribution < -0.4 is 9.47 Å². The first-order valence-corrected chi connectivity index (χ1v) is 9.14. The van der Waals surface area contributed by atoms with Gasteiger partial charge in [0.2, 0.25) is 0 Å². The highest BCUT2D eigenvalue weighted by Gasteiger charge is 2.29. The second kappa shape index (κ2) is 8.64. The maximum atomic E-state index is 12.6. The minimum Gasteiger partial charge on any atom is -0.493 e. The highest BCUT2D eigenvalue weighted by atomic mass is 16.6. The van der Waals surface area contributed by atoms with E-state index in [4.69, 9.17) is 14.2 Å². The number of para-hydroxylation sites is 1. The number of nitro groups is 1. The van der Waals surface area contributed by atoms with Crippen LogP contribution >= 0.6 is 0 Å². The van der Waals surface area contributed by atoms with Crippen molar-refractivity contribution in [3.05, 3.63) is 63.2 Å². The first kappa shape index (κ1) is 20.2. The van der Waals surface area contributed by atoms with Gasteiger partial charge in [-0.25, -0.2) is 4.79 Å². The molecule has 0 aliphatic carbocycles. The molecule has 29 heavy (non-hydrogen) atoms. The van der Waals surface area contributed by atoms with Crippen molar-refractivity contribution in [2.45, 2.75) is 13.3 Å². The highest BCUT2D eigenvalue weighted by molar-refractivity contribution is 5.93. The average Bonchev–Trinajstić information content (AvgIpc) is 2.73. The van der Waals surface area contributed by atoms with E-state index in [1.807, 2.05) is 6.07 Å². The number of hydrogen-bond donors (Lipinski definition) is 0. The molecule has 0 aromatic heterocycles. The van der Waals surface area contributed by atoms with E-state index in [0.717, 1.165) is 11.1 Å². The second-order valence-electron chi connectivity index (χ2n) is 6.31. The third kappa shape index (κ3) is 4.01. The number of carbonyl (C=O) groups excluding carboxylic acids is 1. The number of fused-ring (bicyclic) bond motifs is 1. The van der Waals surface area contributed by atoms with Crippen LogP contribution in [0.25, 0.3) is 11.8 Å².